The highest BCUT2D eigenvalue weighted by Crippen LogP contribution is 2.28. The van der Waals surface area contributed by atoms with Crippen LogP contribution in [0.5, 0.6) is 0 Å². The SMILES string of the molecule is CC1(O)CCCC1.CC1(O)CCCCC1.CC1=CCCC1.c1ccccc1. The maximum Gasteiger partial charge on any atom is 0.0619 e. The van der Waals surface area contributed by atoms with E-state index in [0.29, 0.717) is 0 Å². The highest BCUT2D eigenvalue weighted by atomic mass is 16.3. The maximum atomic E-state index is 9.37. The van der Waals surface area contributed by atoms with Gasteiger partial charge in [-0.25, -0.2) is 0 Å². The molecule has 0 heterocycles. The molecule has 27 heavy (non-hydrogen) atoms. The minimum Gasteiger partial charge on any atom is -0.390 e. The van der Waals surface area contributed by atoms with E-state index in [4.69, 9.17) is 0 Å². The van der Waals surface area contributed by atoms with E-state index in [0.717, 1.165) is 25.7 Å². The molecular weight excluding hydrogens is 332 g/mol. The molecule has 2 nitrogen and oxygen atoms in total. The van der Waals surface area contributed by atoms with E-state index < -0.39 is 0 Å². The fourth-order valence-electron chi connectivity index (χ4n) is 3.67. The molecule has 0 amide bonds. The second kappa shape index (κ2) is 13.1. The van der Waals surface area contributed by atoms with Crippen molar-refractivity contribution in [2.24, 2.45) is 0 Å². The van der Waals surface area contributed by atoms with Crippen molar-refractivity contribution in [3.8, 4) is 0 Å². The minimum absolute atomic E-state index is 0.306. The smallest absolute Gasteiger partial charge is 0.0619 e. The number of benzene rings is 1. The Morgan fingerprint density at radius 2 is 1.00 bits per heavy atom. The van der Waals surface area contributed by atoms with Gasteiger partial charge in [0.15, 0.2) is 0 Å². The van der Waals surface area contributed by atoms with Crippen LogP contribution in [0.1, 0.15) is 97.8 Å². The van der Waals surface area contributed by atoms with Crippen molar-refractivity contribution in [3.63, 3.8) is 0 Å². The van der Waals surface area contributed by atoms with Crippen molar-refractivity contribution >= 4 is 0 Å². The summed E-state index contributed by atoms with van der Waals surface area (Å²) < 4.78 is 0. The van der Waals surface area contributed by atoms with Gasteiger partial charge in [-0.3, -0.25) is 0 Å². The fourth-order valence-corrected chi connectivity index (χ4v) is 3.67. The molecule has 0 radical (unpaired) electrons. The second-order valence-electron chi connectivity index (χ2n) is 8.86. The zero-order valence-electron chi connectivity index (χ0n) is 17.9. The van der Waals surface area contributed by atoms with E-state index in [-0.39, 0.29) is 11.2 Å². The largest absolute Gasteiger partial charge is 0.390 e. The van der Waals surface area contributed by atoms with Crippen LogP contribution in [0.25, 0.3) is 0 Å². The monoisotopic (exact) mass is 374 g/mol. The summed E-state index contributed by atoms with van der Waals surface area (Å²) >= 11 is 0. The third-order valence-corrected chi connectivity index (χ3v) is 5.55. The lowest BCUT2D eigenvalue weighted by molar-refractivity contribution is 0.0225. The summed E-state index contributed by atoms with van der Waals surface area (Å²) in [5.41, 5.74) is 0.952. The molecule has 2 saturated carbocycles. The van der Waals surface area contributed by atoms with Crippen LogP contribution < -0.4 is 0 Å². The standard InChI is InChI=1S/C7H14O.C6H12O.C6H10.C6H6/c1-7(8)5-3-2-4-6-7;1-6(7)4-2-3-5-6;1-6-4-2-3-5-6;1-2-4-6-5-3-1/h8H,2-6H2,1H3;7H,2-5H2,1H3;4H,2-3,5H2,1H3;1-6H. The molecule has 0 aliphatic heterocycles. The number of aliphatic hydroxyl groups is 2. The fraction of sp³-hybridized carbons (Fsp3) is 0.680. The molecule has 0 aromatic heterocycles. The Kier molecular flexibility index (Phi) is 11.6. The van der Waals surface area contributed by atoms with E-state index in [9.17, 15) is 10.2 Å². The van der Waals surface area contributed by atoms with Crippen LogP contribution in [0.4, 0.5) is 0 Å². The van der Waals surface area contributed by atoms with Gasteiger partial charge in [0, 0.05) is 0 Å². The first-order valence-electron chi connectivity index (χ1n) is 10.9. The summed E-state index contributed by atoms with van der Waals surface area (Å²) in [6.45, 7) is 6.05. The van der Waals surface area contributed by atoms with E-state index in [2.05, 4.69) is 13.0 Å². The van der Waals surface area contributed by atoms with Gasteiger partial charge in [0.05, 0.1) is 11.2 Å². The Morgan fingerprint density at radius 1 is 0.630 bits per heavy atom. The third kappa shape index (κ3) is 13.7. The van der Waals surface area contributed by atoms with Gasteiger partial charge in [-0.15, -0.1) is 0 Å². The summed E-state index contributed by atoms with van der Waals surface area (Å²) in [6, 6.07) is 12.0. The average molecular weight is 375 g/mol. The molecule has 0 atom stereocenters. The van der Waals surface area contributed by atoms with Crippen LogP contribution in [0.15, 0.2) is 48.0 Å². The molecule has 2 fully saturated rings. The maximum absolute atomic E-state index is 9.37. The Balaban J connectivity index is 0.000000181. The minimum atomic E-state index is -0.321. The predicted octanol–water partition coefficient (Wildman–Crippen LogP) is 6.82. The van der Waals surface area contributed by atoms with Gasteiger partial charge in [0.2, 0.25) is 0 Å². The van der Waals surface area contributed by atoms with Gasteiger partial charge in [-0.1, -0.05) is 80.2 Å². The zero-order valence-corrected chi connectivity index (χ0v) is 17.9. The van der Waals surface area contributed by atoms with Gasteiger partial charge in [0.1, 0.15) is 0 Å². The molecular formula is C25H42O2. The molecule has 0 saturated heterocycles. The number of hydrogen-bond acceptors (Lipinski definition) is 2. The predicted molar refractivity (Wildman–Crippen MR) is 117 cm³/mol. The van der Waals surface area contributed by atoms with Crippen LogP contribution in [-0.4, -0.2) is 21.4 Å². The van der Waals surface area contributed by atoms with E-state index in [1.807, 2.05) is 50.2 Å². The van der Waals surface area contributed by atoms with Crippen LogP contribution in [-0.2, 0) is 0 Å². The lowest BCUT2D eigenvalue weighted by atomic mass is 9.87. The zero-order chi connectivity index (χ0) is 20.0. The van der Waals surface area contributed by atoms with Gasteiger partial charge in [0.25, 0.3) is 0 Å². The topological polar surface area (TPSA) is 40.5 Å². The van der Waals surface area contributed by atoms with Crippen LogP contribution in [0.2, 0.25) is 0 Å². The molecule has 2 heteroatoms. The normalized spacial score (nSPS) is 22.0. The molecule has 4 rings (SSSR count). The highest BCUT2D eigenvalue weighted by molar-refractivity contribution is 5.03. The van der Waals surface area contributed by atoms with E-state index >= 15 is 0 Å². The number of rotatable bonds is 0. The van der Waals surface area contributed by atoms with E-state index in [1.54, 1.807) is 5.57 Å². The summed E-state index contributed by atoms with van der Waals surface area (Å²) in [5.74, 6) is 0. The highest BCUT2D eigenvalue weighted by Gasteiger charge is 2.24. The summed E-state index contributed by atoms with van der Waals surface area (Å²) in [4.78, 5) is 0. The van der Waals surface area contributed by atoms with Gasteiger partial charge < -0.3 is 10.2 Å². The van der Waals surface area contributed by atoms with Gasteiger partial charge >= 0.3 is 0 Å². The Hall–Kier alpha value is -1.12. The Morgan fingerprint density at radius 3 is 1.15 bits per heavy atom. The van der Waals surface area contributed by atoms with Crippen molar-refractivity contribution in [3.05, 3.63) is 48.0 Å². The molecule has 2 N–H and O–H groups in total. The van der Waals surface area contributed by atoms with Crippen LogP contribution >= 0.6 is 0 Å². The Labute approximate surface area is 167 Å². The van der Waals surface area contributed by atoms with Crippen LogP contribution in [0, 0.1) is 0 Å². The first-order valence-corrected chi connectivity index (χ1v) is 10.9. The van der Waals surface area contributed by atoms with Crippen molar-refractivity contribution in [2.45, 2.75) is 109 Å². The lowest BCUT2D eigenvalue weighted by Crippen LogP contribution is -2.26. The molecule has 1 aromatic carbocycles. The lowest BCUT2D eigenvalue weighted by Gasteiger charge is -2.27. The Bertz CT molecular complexity index is 460. The van der Waals surface area contributed by atoms with Crippen molar-refractivity contribution in [2.75, 3.05) is 0 Å². The summed E-state index contributed by atoms with van der Waals surface area (Å²) in [6.07, 6.45) is 16.6. The third-order valence-electron chi connectivity index (χ3n) is 5.55. The first kappa shape index (κ1) is 23.9. The number of allylic oxidation sites excluding steroid dienone is 2. The molecule has 1 aromatic rings. The van der Waals surface area contributed by atoms with Crippen LogP contribution in [0.3, 0.4) is 0 Å². The van der Waals surface area contributed by atoms with Gasteiger partial charge in [-0.05, 0) is 65.7 Å². The number of hydrogen-bond donors (Lipinski definition) is 2. The molecule has 0 unspecified atom stereocenters. The molecule has 154 valence electrons. The summed E-state index contributed by atoms with van der Waals surface area (Å²) in [7, 11) is 0. The average Bonchev–Trinajstić information content (AvgIpc) is 3.28. The molecule has 3 aliphatic carbocycles. The quantitative estimate of drug-likeness (QED) is 0.489. The molecule has 3 aliphatic rings. The summed E-state index contributed by atoms with van der Waals surface area (Å²) in [5, 5.41) is 18.6. The molecule has 0 spiro atoms. The van der Waals surface area contributed by atoms with Crippen molar-refractivity contribution in [1.29, 1.82) is 0 Å². The second-order valence-corrected chi connectivity index (χ2v) is 8.86. The van der Waals surface area contributed by atoms with Gasteiger partial charge in [-0.2, -0.15) is 0 Å². The molecule has 0 bridgehead atoms. The van der Waals surface area contributed by atoms with Crippen molar-refractivity contribution < 1.29 is 10.2 Å². The van der Waals surface area contributed by atoms with E-state index in [1.165, 1.54) is 51.4 Å². The first-order chi connectivity index (χ1) is 12.8. The van der Waals surface area contributed by atoms with Crippen molar-refractivity contribution in [1.82, 2.24) is 0 Å².